The van der Waals surface area contributed by atoms with Crippen LogP contribution in [0.3, 0.4) is 0 Å². The Labute approximate surface area is 160 Å². The van der Waals surface area contributed by atoms with Gasteiger partial charge in [0.05, 0.1) is 11.5 Å². The minimum Gasteiger partial charge on any atom is -0.491 e. The van der Waals surface area contributed by atoms with E-state index in [4.69, 9.17) is 18.8 Å². The summed E-state index contributed by atoms with van der Waals surface area (Å²) >= 11 is -1.63. The highest BCUT2D eigenvalue weighted by molar-refractivity contribution is 7.80. The lowest BCUT2D eigenvalue weighted by atomic mass is 10.2. The van der Waals surface area contributed by atoms with Gasteiger partial charge >= 0.3 is 0 Å². The molecule has 0 aliphatic heterocycles. The van der Waals surface area contributed by atoms with Gasteiger partial charge in [-0.2, -0.15) is 0 Å². The Kier molecular flexibility index (Phi) is 6.84. The van der Waals surface area contributed by atoms with E-state index >= 15 is 0 Å². The topological polar surface area (TPSA) is 65.0 Å². The molecular formula is C21H20O5S. The van der Waals surface area contributed by atoms with Crippen LogP contribution in [0.1, 0.15) is 5.56 Å². The zero-order chi connectivity index (χ0) is 18.9. The first kappa shape index (κ1) is 18.9. The SMILES string of the molecule is O=S(Oc1ccc(OCc2ccccc2)cc1)c1ccc(OCCO)cc1. The number of rotatable bonds is 9. The monoisotopic (exact) mass is 384 g/mol. The van der Waals surface area contributed by atoms with E-state index in [0.717, 1.165) is 5.56 Å². The molecule has 0 radical (unpaired) electrons. The summed E-state index contributed by atoms with van der Waals surface area (Å²) in [6, 6.07) is 23.6. The first-order valence-electron chi connectivity index (χ1n) is 8.45. The Morgan fingerprint density at radius 2 is 1.33 bits per heavy atom. The van der Waals surface area contributed by atoms with Gasteiger partial charge in [-0.15, -0.1) is 0 Å². The van der Waals surface area contributed by atoms with Crippen molar-refractivity contribution in [2.24, 2.45) is 0 Å². The van der Waals surface area contributed by atoms with Crippen LogP contribution in [0.4, 0.5) is 0 Å². The maximum absolute atomic E-state index is 12.3. The number of hydrogen-bond acceptors (Lipinski definition) is 5. The number of aliphatic hydroxyl groups excluding tert-OH is 1. The van der Waals surface area contributed by atoms with Gasteiger partial charge in [0.15, 0.2) is 0 Å². The quantitative estimate of drug-likeness (QED) is 0.609. The molecule has 0 saturated heterocycles. The van der Waals surface area contributed by atoms with Crippen LogP contribution in [0.25, 0.3) is 0 Å². The average Bonchev–Trinajstić information content (AvgIpc) is 2.73. The molecule has 3 rings (SSSR count). The van der Waals surface area contributed by atoms with Crippen molar-refractivity contribution in [1.82, 2.24) is 0 Å². The van der Waals surface area contributed by atoms with Crippen molar-refractivity contribution in [1.29, 1.82) is 0 Å². The number of hydrogen-bond donors (Lipinski definition) is 1. The van der Waals surface area contributed by atoms with Crippen LogP contribution in [-0.2, 0) is 17.7 Å². The molecule has 0 amide bonds. The van der Waals surface area contributed by atoms with Crippen LogP contribution in [-0.4, -0.2) is 22.5 Å². The molecule has 0 bridgehead atoms. The first-order chi connectivity index (χ1) is 13.2. The molecule has 140 valence electrons. The van der Waals surface area contributed by atoms with Gasteiger partial charge in [-0.3, -0.25) is 0 Å². The van der Waals surface area contributed by atoms with Crippen LogP contribution >= 0.6 is 0 Å². The highest BCUT2D eigenvalue weighted by Crippen LogP contribution is 2.22. The second kappa shape index (κ2) is 9.75. The molecule has 6 heteroatoms. The predicted molar refractivity (Wildman–Crippen MR) is 103 cm³/mol. The molecule has 0 saturated carbocycles. The lowest BCUT2D eigenvalue weighted by Crippen LogP contribution is -2.03. The molecular weight excluding hydrogens is 364 g/mol. The van der Waals surface area contributed by atoms with Crippen LogP contribution < -0.4 is 13.7 Å². The van der Waals surface area contributed by atoms with Crippen LogP contribution in [0.2, 0.25) is 0 Å². The van der Waals surface area contributed by atoms with Crippen LogP contribution in [0, 0.1) is 0 Å². The highest BCUT2D eigenvalue weighted by Gasteiger charge is 2.07. The average molecular weight is 384 g/mol. The molecule has 0 aromatic heterocycles. The van der Waals surface area contributed by atoms with Gasteiger partial charge in [-0.1, -0.05) is 30.3 Å². The molecule has 1 unspecified atom stereocenters. The molecule has 1 N–H and O–H groups in total. The van der Waals surface area contributed by atoms with Gasteiger partial charge in [0.2, 0.25) is 11.1 Å². The van der Waals surface area contributed by atoms with Gasteiger partial charge in [0.25, 0.3) is 0 Å². The predicted octanol–water partition coefficient (Wildman–Crippen LogP) is 3.74. The Balaban J connectivity index is 1.53. The summed E-state index contributed by atoms with van der Waals surface area (Å²) in [6.07, 6.45) is 0. The fraction of sp³-hybridized carbons (Fsp3) is 0.143. The summed E-state index contributed by atoms with van der Waals surface area (Å²) in [5, 5.41) is 8.74. The Morgan fingerprint density at radius 1 is 0.741 bits per heavy atom. The number of aliphatic hydroxyl groups is 1. The zero-order valence-electron chi connectivity index (χ0n) is 14.6. The van der Waals surface area contributed by atoms with E-state index in [9.17, 15) is 4.21 Å². The normalized spacial score (nSPS) is 11.6. The molecule has 5 nitrogen and oxygen atoms in total. The third kappa shape index (κ3) is 5.84. The smallest absolute Gasteiger partial charge is 0.240 e. The number of benzene rings is 3. The fourth-order valence-corrected chi connectivity index (χ4v) is 3.02. The molecule has 0 aliphatic rings. The van der Waals surface area contributed by atoms with Crippen molar-refractivity contribution in [3.8, 4) is 17.2 Å². The molecule has 3 aromatic carbocycles. The maximum atomic E-state index is 12.3. The van der Waals surface area contributed by atoms with Crippen LogP contribution in [0.5, 0.6) is 17.2 Å². The van der Waals surface area contributed by atoms with E-state index in [-0.39, 0.29) is 13.2 Å². The standard InChI is InChI=1S/C21H20O5S/c22-14-15-24-18-10-12-21(13-11-18)27(23)26-20-8-6-19(7-9-20)25-16-17-4-2-1-3-5-17/h1-13,22H,14-16H2. The van der Waals surface area contributed by atoms with Crippen LogP contribution in [0.15, 0.2) is 83.8 Å². The van der Waals surface area contributed by atoms with Crippen molar-refractivity contribution < 1.29 is 23.0 Å². The van der Waals surface area contributed by atoms with Gasteiger partial charge in [-0.05, 0) is 54.1 Å². The molecule has 1 atom stereocenters. The van der Waals surface area contributed by atoms with E-state index in [1.807, 2.05) is 30.3 Å². The van der Waals surface area contributed by atoms with Crippen molar-refractivity contribution >= 4 is 11.1 Å². The van der Waals surface area contributed by atoms with E-state index in [1.165, 1.54) is 0 Å². The third-order valence-electron chi connectivity index (χ3n) is 3.62. The fourth-order valence-electron chi connectivity index (χ4n) is 2.28. The summed E-state index contributed by atoms with van der Waals surface area (Å²) in [5.41, 5.74) is 1.09. The number of ether oxygens (including phenoxy) is 2. The van der Waals surface area contributed by atoms with Gasteiger partial charge in [0, 0.05) is 0 Å². The summed E-state index contributed by atoms with van der Waals surface area (Å²) in [4.78, 5) is 0.524. The lowest BCUT2D eigenvalue weighted by Gasteiger charge is -2.09. The molecule has 0 spiro atoms. The minimum absolute atomic E-state index is 0.0537. The van der Waals surface area contributed by atoms with Crippen molar-refractivity contribution in [3.63, 3.8) is 0 Å². The molecule has 0 heterocycles. The van der Waals surface area contributed by atoms with E-state index < -0.39 is 11.1 Å². The molecule has 27 heavy (non-hydrogen) atoms. The van der Waals surface area contributed by atoms with Gasteiger partial charge < -0.3 is 18.8 Å². The second-order valence-corrected chi connectivity index (χ2v) is 6.71. The van der Waals surface area contributed by atoms with Crippen molar-refractivity contribution in [2.45, 2.75) is 11.5 Å². The summed E-state index contributed by atoms with van der Waals surface area (Å²) in [7, 11) is 0. The Bertz CT molecular complexity index is 848. The maximum Gasteiger partial charge on any atom is 0.240 e. The van der Waals surface area contributed by atoms with Gasteiger partial charge in [-0.25, -0.2) is 4.21 Å². The Morgan fingerprint density at radius 3 is 2.00 bits per heavy atom. The van der Waals surface area contributed by atoms with Crippen molar-refractivity contribution in [3.05, 3.63) is 84.4 Å². The zero-order valence-corrected chi connectivity index (χ0v) is 15.4. The van der Waals surface area contributed by atoms with E-state index in [1.54, 1.807) is 48.5 Å². The summed E-state index contributed by atoms with van der Waals surface area (Å²) in [5.74, 6) is 1.80. The van der Waals surface area contributed by atoms with E-state index in [2.05, 4.69) is 0 Å². The first-order valence-corrected chi connectivity index (χ1v) is 9.53. The molecule has 3 aromatic rings. The van der Waals surface area contributed by atoms with E-state index in [0.29, 0.717) is 28.8 Å². The Hall–Kier alpha value is -2.83. The highest BCUT2D eigenvalue weighted by atomic mass is 32.2. The van der Waals surface area contributed by atoms with Gasteiger partial charge in [0.1, 0.15) is 30.5 Å². The largest absolute Gasteiger partial charge is 0.491 e. The summed E-state index contributed by atoms with van der Waals surface area (Å²) < 4.78 is 28.8. The lowest BCUT2D eigenvalue weighted by molar-refractivity contribution is 0.201. The summed E-state index contributed by atoms with van der Waals surface area (Å²) in [6.45, 7) is 0.650. The minimum atomic E-state index is -1.63. The second-order valence-electron chi connectivity index (χ2n) is 5.61. The molecule has 0 fully saturated rings. The van der Waals surface area contributed by atoms with Crippen molar-refractivity contribution in [2.75, 3.05) is 13.2 Å². The molecule has 0 aliphatic carbocycles. The third-order valence-corrected chi connectivity index (χ3v) is 4.62.